The summed E-state index contributed by atoms with van der Waals surface area (Å²) in [7, 11) is 0. The molecule has 1 aliphatic heterocycles. The maximum atomic E-state index is 11.5. The summed E-state index contributed by atoms with van der Waals surface area (Å²) in [5, 5.41) is 9.64. The minimum atomic E-state index is -0.658. The molecule has 0 radical (unpaired) electrons. The van der Waals surface area contributed by atoms with E-state index < -0.39 is 5.60 Å². The molecule has 0 bridgehead atoms. The first-order valence-corrected chi connectivity index (χ1v) is 5.94. The quantitative estimate of drug-likeness (QED) is 0.735. The van der Waals surface area contributed by atoms with Gasteiger partial charge in [0.2, 0.25) is 5.91 Å². The number of thioether (sulfide) groups is 1. The van der Waals surface area contributed by atoms with Crippen molar-refractivity contribution >= 4 is 17.7 Å². The summed E-state index contributed by atoms with van der Waals surface area (Å²) in [6.07, 6.45) is 3.29. The highest BCUT2D eigenvalue weighted by Crippen LogP contribution is 2.20. The molecule has 1 rings (SSSR count). The Kier molecular flexibility index (Phi) is 3.62. The lowest BCUT2D eigenvalue weighted by Gasteiger charge is -2.18. The molecule has 13 heavy (non-hydrogen) atoms. The zero-order valence-corrected chi connectivity index (χ0v) is 9.06. The summed E-state index contributed by atoms with van der Waals surface area (Å²) >= 11 is 1.68. The molecule has 1 heterocycles. The molecule has 76 valence electrons. The molecule has 1 unspecified atom stereocenters. The summed E-state index contributed by atoms with van der Waals surface area (Å²) in [5.41, 5.74) is -0.658. The molecule has 1 saturated heterocycles. The third-order valence-corrected chi connectivity index (χ3v) is 2.94. The van der Waals surface area contributed by atoms with Crippen LogP contribution in [0.15, 0.2) is 0 Å². The minimum absolute atomic E-state index is 0.173. The molecule has 1 N–H and O–H groups in total. The van der Waals surface area contributed by atoms with Gasteiger partial charge in [0.25, 0.3) is 0 Å². The second-order valence-corrected chi connectivity index (χ2v) is 4.79. The second-order valence-electron chi connectivity index (χ2n) is 3.81. The third kappa shape index (κ3) is 3.19. The van der Waals surface area contributed by atoms with Gasteiger partial charge in [-0.2, -0.15) is 11.8 Å². The van der Waals surface area contributed by atoms with Gasteiger partial charge in [-0.05, 0) is 19.6 Å². The average molecular weight is 203 g/mol. The van der Waals surface area contributed by atoms with Crippen LogP contribution in [0.3, 0.4) is 0 Å². The lowest BCUT2D eigenvalue weighted by molar-refractivity contribution is -0.130. The van der Waals surface area contributed by atoms with Crippen molar-refractivity contribution in [1.29, 1.82) is 0 Å². The van der Waals surface area contributed by atoms with Gasteiger partial charge >= 0.3 is 0 Å². The Morgan fingerprint density at radius 1 is 1.69 bits per heavy atom. The van der Waals surface area contributed by atoms with E-state index in [9.17, 15) is 9.90 Å². The fraction of sp³-hybridized carbons (Fsp3) is 0.889. The van der Waals surface area contributed by atoms with E-state index >= 15 is 0 Å². The fourth-order valence-corrected chi connectivity index (χ4v) is 1.88. The Morgan fingerprint density at radius 3 is 2.85 bits per heavy atom. The molecule has 1 amide bonds. The number of nitrogens with zero attached hydrogens (tertiary/aromatic N) is 1. The highest BCUT2D eigenvalue weighted by atomic mass is 32.2. The van der Waals surface area contributed by atoms with Crippen molar-refractivity contribution in [3.8, 4) is 0 Å². The van der Waals surface area contributed by atoms with Crippen molar-refractivity contribution in [1.82, 2.24) is 4.90 Å². The van der Waals surface area contributed by atoms with Crippen molar-refractivity contribution in [3.63, 3.8) is 0 Å². The first-order chi connectivity index (χ1) is 6.05. The van der Waals surface area contributed by atoms with Crippen molar-refractivity contribution in [2.45, 2.75) is 25.4 Å². The van der Waals surface area contributed by atoms with Gasteiger partial charge in [0.05, 0.1) is 5.60 Å². The topological polar surface area (TPSA) is 40.5 Å². The molecule has 3 nitrogen and oxygen atoms in total. The molecule has 0 aromatic heterocycles. The van der Waals surface area contributed by atoms with Crippen LogP contribution < -0.4 is 0 Å². The van der Waals surface area contributed by atoms with Crippen LogP contribution in [0.25, 0.3) is 0 Å². The summed E-state index contributed by atoms with van der Waals surface area (Å²) in [6, 6.07) is 0. The van der Waals surface area contributed by atoms with Crippen LogP contribution in [-0.2, 0) is 4.79 Å². The van der Waals surface area contributed by atoms with E-state index in [1.807, 2.05) is 6.26 Å². The average Bonchev–Trinajstić information content (AvgIpc) is 2.42. The van der Waals surface area contributed by atoms with Gasteiger partial charge in [-0.25, -0.2) is 0 Å². The highest BCUT2D eigenvalue weighted by molar-refractivity contribution is 7.98. The van der Waals surface area contributed by atoms with Crippen molar-refractivity contribution in [2.24, 2.45) is 0 Å². The number of carbonyl (C=O) groups is 1. The predicted octanol–water partition coefficient (Wildman–Crippen LogP) is 0.723. The monoisotopic (exact) mass is 203 g/mol. The van der Waals surface area contributed by atoms with Gasteiger partial charge in [-0.1, -0.05) is 0 Å². The van der Waals surface area contributed by atoms with E-state index in [1.165, 1.54) is 0 Å². The zero-order chi connectivity index (χ0) is 9.90. The van der Waals surface area contributed by atoms with Gasteiger partial charge in [0.15, 0.2) is 0 Å². The van der Waals surface area contributed by atoms with E-state index in [1.54, 1.807) is 23.6 Å². The number of hydrogen-bond acceptors (Lipinski definition) is 3. The van der Waals surface area contributed by atoms with Crippen molar-refractivity contribution in [3.05, 3.63) is 0 Å². The number of amides is 1. The molecule has 1 atom stereocenters. The van der Waals surface area contributed by atoms with Crippen molar-refractivity contribution < 1.29 is 9.90 Å². The van der Waals surface area contributed by atoms with E-state index in [-0.39, 0.29) is 5.91 Å². The lowest BCUT2D eigenvalue weighted by atomic mass is 10.1. The molecule has 0 spiro atoms. The Bertz CT molecular complexity index is 194. The second kappa shape index (κ2) is 4.33. The molecule has 0 aromatic rings. The van der Waals surface area contributed by atoms with Crippen LogP contribution >= 0.6 is 11.8 Å². The van der Waals surface area contributed by atoms with E-state index in [4.69, 9.17) is 0 Å². The molecular formula is C9H17NO2S. The Hall–Kier alpha value is -0.220. The molecule has 0 aliphatic carbocycles. The van der Waals surface area contributed by atoms with Crippen LogP contribution in [0.5, 0.6) is 0 Å². The Balaban J connectivity index is 2.33. The first-order valence-electron chi connectivity index (χ1n) is 4.54. The van der Waals surface area contributed by atoms with Crippen LogP contribution in [0, 0.1) is 0 Å². The predicted molar refractivity (Wildman–Crippen MR) is 54.8 cm³/mol. The van der Waals surface area contributed by atoms with Gasteiger partial charge in [-0.3, -0.25) is 4.79 Å². The van der Waals surface area contributed by atoms with Gasteiger partial charge < -0.3 is 10.0 Å². The zero-order valence-electron chi connectivity index (χ0n) is 8.25. The van der Waals surface area contributed by atoms with E-state index in [0.29, 0.717) is 25.9 Å². The smallest absolute Gasteiger partial charge is 0.223 e. The molecule has 4 heteroatoms. The summed E-state index contributed by atoms with van der Waals surface area (Å²) in [4.78, 5) is 13.3. The molecule has 1 fully saturated rings. The maximum Gasteiger partial charge on any atom is 0.223 e. The Labute approximate surface area is 83.5 Å². The SMILES string of the molecule is CSCCC(=O)N1CCC(C)(O)C1. The molecular weight excluding hydrogens is 186 g/mol. The van der Waals surface area contributed by atoms with E-state index in [0.717, 1.165) is 5.75 Å². The number of β-amino-alcohol motifs (C(OH)–C–C–N with tert-alkyl or cyclic N) is 1. The van der Waals surface area contributed by atoms with Gasteiger partial charge in [0.1, 0.15) is 0 Å². The normalized spacial score (nSPS) is 28.1. The van der Waals surface area contributed by atoms with Crippen LogP contribution in [0.2, 0.25) is 0 Å². The van der Waals surface area contributed by atoms with E-state index in [2.05, 4.69) is 0 Å². The Morgan fingerprint density at radius 2 is 2.38 bits per heavy atom. The van der Waals surface area contributed by atoms with Crippen LogP contribution in [0.1, 0.15) is 19.8 Å². The van der Waals surface area contributed by atoms with Crippen LogP contribution in [0.4, 0.5) is 0 Å². The van der Waals surface area contributed by atoms with Gasteiger partial charge in [-0.15, -0.1) is 0 Å². The largest absolute Gasteiger partial charge is 0.388 e. The third-order valence-electron chi connectivity index (χ3n) is 2.32. The highest BCUT2D eigenvalue weighted by Gasteiger charge is 2.33. The van der Waals surface area contributed by atoms with Crippen molar-refractivity contribution in [2.75, 3.05) is 25.1 Å². The molecule has 0 aromatic carbocycles. The maximum absolute atomic E-state index is 11.5. The molecule has 1 aliphatic rings. The lowest BCUT2D eigenvalue weighted by Crippen LogP contribution is -2.33. The number of likely N-dealkylation sites (tertiary alicyclic amines) is 1. The summed E-state index contributed by atoms with van der Waals surface area (Å²) in [6.45, 7) is 3.00. The standard InChI is InChI=1S/C9H17NO2S/c1-9(12)4-5-10(7-9)8(11)3-6-13-2/h12H,3-7H2,1-2H3. The van der Waals surface area contributed by atoms with Crippen LogP contribution in [-0.4, -0.2) is 46.6 Å². The summed E-state index contributed by atoms with van der Waals surface area (Å²) in [5.74, 6) is 1.05. The number of carbonyl (C=O) groups excluding carboxylic acids is 1. The number of aliphatic hydroxyl groups is 1. The number of hydrogen-bond donors (Lipinski definition) is 1. The molecule has 0 saturated carbocycles. The fourth-order valence-electron chi connectivity index (χ4n) is 1.51. The first kappa shape index (κ1) is 10.9. The minimum Gasteiger partial charge on any atom is -0.388 e. The van der Waals surface area contributed by atoms with Gasteiger partial charge in [0, 0.05) is 25.3 Å². The number of rotatable bonds is 3. The summed E-state index contributed by atoms with van der Waals surface area (Å²) < 4.78 is 0.